The highest BCUT2D eigenvalue weighted by Crippen LogP contribution is 2.30. The molecule has 2 amide bonds. The Morgan fingerprint density at radius 1 is 1.32 bits per heavy atom. The lowest BCUT2D eigenvalue weighted by molar-refractivity contribution is -0.129. The van der Waals surface area contributed by atoms with Gasteiger partial charge in [0.05, 0.1) is 5.92 Å². The number of carbonyl (C=O) groups is 2. The van der Waals surface area contributed by atoms with E-state index in [0.29, 0.717) is 29.7 Å². The summed E-state index contributed by atoms with van der Waals surface area (Å²) in [5, 5.41) is 3.51. The number of nitrogens with zero attached hydrogens (tertiary/aromatic N) is 1. The molecule has 118 valence electrons. The quantitative estimate of drug-likeness (QED) is 0.928. The molecule has 5 heteroatoms. The average Bonchev–Trinajstić information content (AvgIpc) is 3.12. The molecular formula is C17H21ClN2O2. The third kappa shape index (κ3) is 3.12. The summed E-state index contributed by atoms with van der Waals surface area (Å²) >= 11 is 6.08. The van der Waals surface area contributed by atoms with Crippen molar-refractivity contribution in [2.75, 3.05) is 11.9 Å². The molecule has 1 aromatic carbocycles. The molecule has 0 spiro atoms. The molecule has 1 saturated carbocycles. The number of nitrogens with one attached hydrogen (secondary N) is 1. The molecule has 1 N–H and O–H groups in total. The van der Waals surface area contributed by atoms with Crippen LogP contribution >= 0.6 is 11.6 Å². The second kappa shape index (κ2) is 6.29. The highest BCUT2D eigenvalue weighted by molar-refractivity contribution is 6.31. The van der Waals surface area contributed by atoms with Gasteiger partial charge in [-0.15, -0.1) is 0 Å². The van der Waals surface area contributed by atoms with Gasteiger partial charge in [-0.1, -0.05) is 30.5 Å². The van der Waals surface area contributed by atoms with Crippen molar-refractivity contribution in [3.8, 4) is 0 Å². The lowest BCUT2D eigenvalue weighted by Gasteiger charge is -2.23. The van der Waals surface area contributed by atoms with Crippen LogP contribution in [0.3, 0.4) is 0 Å². The van der Waals surface area contributed by atoms with E-state index in [1.54, 1.807) is 6.07 Å². The minimum Gasteiger partial charge on any atom is -0.339 e. The van der Waals surface area contributed by atoms with E-state index in [9.17, 15) is 9.59 Å². The Hall–Kier alpha value is -1.55. The molecule has 3 rings (SSSR count). The van der Waals surface area contributed by atoms with E-state index in [-0.39, 0.29) is 17.7 Å². The molecule has 2 aliphatic rings. The lowest BCUT2D eigenvalue weighted by atomic mass is 10.1. The van der Waals surface area contributed by atoms with Gasteiger partial charge >= 0.3 is 0 Å². The average molecular weight is 321 g/mol. The second-order valence-electron chi connectivity index (χ2n) is 6.34. The standard InChI is InChI=1S/C17H21ClN2O2/c1-11-6-7-13(9-15(11)18)19-17(22)12-8-16(21)20(10-12)14-4-2-3-5-14/h6-7,9,12,14H,2-5,8,10H2,1H3,(H,19,22)/t12-/m0/s1. The van der Waals surface area contributed by atoms with Crippen molar-refractivity contribution in [1.82, 2.24) is 4.90 Å². The number of amides is 2. The Labute approximate surface area is 135 Å². The van der Waals surface area contributed by atoms with Crippen LogP contribution in [-0.4, -0.2) is 29.3 Å². The summed E-state index contributed by atoms with van der Waals surface area (Å²) in [4.78, 5) is 26.5. The van der Waals surface area contributed by atoms with Gasteiger partial charge < -0.3 is 10.2 Å². The SMILES string of the molecule is Cc1ccc(NC(=O)[C@H]2CC(=O)N(C3CCCC3)C2)cc1Cl. The smallest absolute Gasteiger partial charge is 0.229 e. The van der Waals surface area contributed by atoms with Crippen LogP contribution in [0.2, 0.25) is 5.02 Å². The van der Waals surface area contributed by atoms with Gasteiger partial charge in [-0.2, -0.15) is 0 Å². The van der Waals surface area contributed by atoms with Crippen LogP contribution in [-0.2, 0) is 9.59 Å². The molecule has 1 aliphatic carbocycles. The zero-order chi connectivity index (χ0) is 15.7. The summed E-state index contributed by atoms with van der Waals surface area (Å²) in [5.74, 6) is -0.226. The van der Waals surface area contributed by atoms with E-state index in [1.165, 1.54) is 12.8 Å². The molecule has 1 saturated heterocycles. The fourth-order valence-electron chi connectivity index (χ4n) is 3.39. The fraction of sp³-hybridized carbons (Fsp3) is 0.529. The Morgan fingerprint density at radius 2 is 2.05 bits per heavy atom. The topological polar surface area (TPSA) is 49.4 Å². The molecule has 4 nitrogen and oxygen atoms in total. The van der Waals surface area contributed by atoms with Gasteiger partial charge in [0.25, 0.3) is 0 Å². The number of hydrogen-bond acceptors (Lipinski definition) is 2. The maximum Gasteiger partial charge on any atom is 0.229 e. The summed E-state index contributed by atoms with van der Waals surface area (Å²) in [7, 11) is 0. The van der Waals surface area contributed by atoms with E-state index in [1.807, 2.05) is 24.0 Å². The van der Waals surface area contributed by atoms with E-state index >= 15 is 0 Å². The largest absolute Gasteiger partial charge is 0.339 e. The number of hydrogen-bond donors (Lipinski definition) is 1. The number of anilines is 1. The van der Waals surface area contributed by atoms with Gasteiger partial charge in [0.15, 0.2) is 0 Å². The predicted molar refractivity (Wildman–Crippen MR) is 86.9 cm³/mol. The van der Waals surface area contributed by atoms with Crippen molar-refractivity contribution < 1.29 is 9.59 Å². The van der Waals surface area contributed by atoms with E-state index < -0.39 is 0 Å². The number of rotatable bonds is 3. The number of aryl methyl sites for hydroxylation is 1. The van der Waals surface area contributed by atoms with Crippen molar-refractivity contribution in [3.63, 3.8) is 0 Å². The summed E-state index contributed by atoms with van der Waals surface area (Å²) in [6.45, 7) is 2.47. The Bertz CT molecular complexity index is 596. The monoisotopic (exact) mass is 320 g/mol. The maximum absolute atomic E-state index is 12.4. The summed E-state index contributed by atoms with van der Waals surface area (Å²) in [6.07, 6.45) is 4.85. The first kappa shape index (κ1) is 15.3. The predicted octanol–water partition coefficient (Wildman–Crippen LogP) is 3.38. The van der Waals surface area contributed by atoms with Gasteiger partial charge in [0, 0.05) is 29.7 Å². The van der Waals surface area contributed by atoms with Crippen LogP contribution in [0.5, 0.6) is 0 Å². The first-order valence-corrected chi connectivity index (χ1v) is 8.29. The molecule has 0 aromatic heterocycles. The van der Waals surface area contributed by atoms with E-state index in [2.05, 4.69) is 5.32 Å². The number of likely N-dealkylation sites (tertiary alicyclic amines) is 1. The molecule has 0 unspecified atom stereocenters. The van der Waals surface area contributed by atoms with Crippen molar-refractivity contribution in [1.29, 1.82) is 0 Å². The zero-order valence-electron chi connectivity index (χ0n) is 12.8. The van der Waals surface area contributed by atoms with Crippen molar-refractivity contribution in [2.24, 2.45) is 5.92 Å². The van der Waals surface area contributed by atoms with Crippen LogP contribution in [0.1, 0.15) is 37.7 Å². The van der Waals surface area contributed by atoms with Gasteiger partial charge in [-0.25, -0.2) is 0 Å². The molecule has 2 fully saturated rings. The molecule has 0 radical (unpaired) electrons. The van der Waals surface area contributed by atoms with Crippen LogP contribution in [0.4, 0.5) is 5.69 Å². The number of halogens is 1. The third-order valence-electron chi connectivity index (χ3n) is 4.73. The highest BCUT2D eigenvalue weighted by atomic mass is 35.5. The van der Waals surface area contributed by atoms with E-state index in [0.717, 1.165) is 18.4 Å². The Morgan fingerprint density at radius 3 is 2.73 bits per heavy atom. The van der Waals surface area contributed by atoms with Gasteiger partial charge in [0.1, 0.15) is 0 Å². The van der Waals surface area contributed by atoms with Crippen LogP contribution in [0.25, 0.3) is 0 Å². The fourth-order valence-corrected chi connectivity index (χ4v) is 3.57. The zero-order valence-corrected chi connectivity index (χ0v) is 13.5. The lowest BCUT2D eigenvalue weighted by Crippen LogP contribution is -2.35. The van der Waals surface area contributed by atoms with Crippen molar-refractivity contribution in [2.45, 2.75) is 45.1 Å². The van der Waals surface area contributed by atoms with E-state index in [4.69, 9.17) is 11.6 Å². The molecule has 1 aliphatic heterocycles. The summed E-state index contributed by atoms with van der Waals surface area (Å²) < 4.78 is 0. The number of benzene rings is 1. The maximum atomic E-state index is 12.4. The molecule has 22 heavy (non-hydrogen) atoms. The molecule has 1 heterocycles. The number of carbonyl (C=O) groups excluding carboxylic acids is 2. The second-order valence-corrected chi connectivity index (χ2v) is 6.75. The minimum absolute atomic E-state index is 0.0891. The summed E-state index contributed by atoms with van der Waals surface area (Å²) in [5.41, 5.74) is 1.66. The Balaban J connectivity index is 1.63. The molecule has 1 aromatic rings. The van der Waals surface area contributed by atoms with Crippen molar-refractivity contribution >= 4 is 29.1 Å². The van der Waals surface area contributed by atoms with Crippen LogP contribution in [0.15, 0.2) is 18.2 Å². The minimum atomic E-state index is -0.256. The van der Waals surface area contributed by atoms with Gasteiger partial charge in [0.2, 0.25) is 11.8 Å². The highest BCUT2D eigenvalue weighted by Gasteiger charge is 2.38. The van der Waals surface area contributed by atoms with Crippen LogP contribution < -0.4 is 5.32 Å². The van der Waals surface area contributed by atoms with Crippen molar-refractivity contribution in [3.05, 3.63) is 28.8 Å². The van der Waals surface area contributed by atoms with Crippen LogP contribution in [0, 0.1) is 12.8 Å². The molecule has 1 atom stereocenters. The Kier molecular flexibility index (Phi) is 4.39. The molecular weight excluding hydrogens is 300 g/mol. The first-order chi connectivity index (χ1) is 10.5. The summed E-state index contributed by atoms with van der Waals surface area (Å²) in [6, 6.07) is 5.81. The van der Waals surface area contributed by atoms with Gasteiger partial charge in [-0.3, -0.25) is 9.59 Å². The molecule has 0 bridgehead atoms. The van der Waals surface area contributed by atoms with Gasteiger partial charge in [-0.05, 0) is 37.5 Å². The normalized spacial score (nSPS) is 22.4. The third-order valence-corrected chi connectivity index (χ3v) is 5.14. The first-order valence-electron chi connectivity index (χ1n) is 7.91.